The summed E-state index contributed by atoms with van der Waals surface area (Å²) >= 11 is 5.19. The molecule has 0 radical (unpaired) electrons. The zero-order valence-corrected chi connectivity index (χ0v) is 13.9. The highest BCUT2D eigenvalue weighted by molar-refractivity contribution is 9.10. The third-order valence-electron chi connectivity index (χ3n) is 3.80. The Morgan fingerprint density at radius 3 is 2.76 bits per heavy atom. The molecule has 2 heterocycles. The van der Waals surface area contributed by atoms with Gasteiger partial charge in [-0.2, -0.15) is 0 Å². The second-order valence-electron chi connectivity index (χ2n) is 5.24. The van der Waals surface area contributed by atoms with Gasteiger partial charge in [-0.3, -0.25) is 9.69 Å². The van der Waals surface area contributed by atoms with E-state index in [4.69, 9.17) is 0 Å². The minimum Gasteiger partial charge on any atom is -0.480 e. The van der Waals surface area contributed by atoms with Crippen LogP contribution in [0.25, 0.3) is 10.4 Å². The predicted molar refractivity (Wildman–Crippen MR) is 88.5 cm³/mol. The van der Waals surface area contributed by atoms with Crippen molar-refractivity contribution in [1.82, 2.24) is 4.90 Å². The van der Waals surface area contributed by atoms with E-state index in [1.54, 1.807) is 11.3 Å². The molecule has 3 rings (SSSR count). The first kappa shape index (κ1) is 14.8. The van der Waals surface area contributed by atoms with Gasteiger partial charge in [-0.25, -0.2) is 0 Å². The van der Waals surface area contributed by atoms with E-state index in [-0.39, 0.29) is 6.04 Å². The first-order valence-electron chi connectivity index (χ1n) is 6.95. The van der Waals surface area contributed by atoms with Crippen LogP contribution in [-0.2, 0) is 11.3 Å². The van der Waals surface area contributed by atoms with E-state index in [0.29, 0.717) is 0 Å². The lowest BCUT2D eigenvalue weighted by Gasteiger charge is -2.19. The van der Waals surface area contributed by atoms with Crippen LogP contribution in [0.5, 0.6) is 0 Å². The summed E-state index contributed by atoms with van der Waals surface area (Å²) in [6.45, 7) is 1.61. The number of nitrogens with zero attached hydrogens (tertiary/aromatic N) is 1. The Bertz CT molecular complexity index is 638. The first-order valence-corrected chi connectivity index (χ1v) is 8.56. The number of carboxylic acid groups (broad SMARTS) is 1. The van der Waals surface area contributed by atoms with Crippen LogP contribution in [0.1, 0.15) is 17.7 Å². The number of likely N-dealkylation sites (tertiary alicyclic amines) is 1. The number of rotatable bonds is 4. The van der Waals surface area contributed by atoms with Crippen molar-refractivity contribution < 1.29 is 9.90 Å². The lowest BCUT2D eigenvalue weighted by molar-refractivity contribution is -0.142. The van der Waals surface area contributed by atoms with Crippen LogP contribution in [0.3, 0.4) is 0 Å². The number of halogens is 1. The molecule has 110 valence electrons. The van der Waals surface area contributed by atoms with Gasteiger partial charge in [-0.05, 0) is 49.2 Å². The molecule has 1 atom stereocenters. The molecule has 1 aromatic carbocycles. The van der Waals surface area contributed by atoms with Gasteiger partial charge in [0.05, 0.1) is 0 Å². The van der Waals surface area contributed by atoms with Crippen molar-refractivity contribution >= 4 is 33.2 Å². The van der Waals surface area contributed by atoms with Gasteiger partial charge < -0.3 is 5.11 Å². The van der Waals surface area contributed by atoms with Crippen LogP contribution in [0, 0.1) is 0 Å². The summed E-state index contributed by atoms with van der Waals surface area (Å²) in [5.41, 5.74) is 1.20. The molecule has 1 aliphatic heterocycles. The highest BCUT2D eigenvalue weighted by Crippen LogP contribution is 2.31. The molecule has 3 nitrogen and oxygen atoms in total. The summed E-state index contributed by atoms with van der Waals surface area (Å²) < 4.78 is 1.07. The molecule has 21 heavy (non-hydrogen) atoms. The number of carboxylic acids is 1. The van der Waals surface area contributed by atoms with Crippen LogP contribution in [0.4, 0.5) is 0 Å². The van der Waals surface area contributed by atoms with Crippen molar-refractivity contribution in [2.75, 3.05) is 6.54 Å². The first-order chi connectivity index (χ1) is 10.1. The van der Waals surface area contributed by atoms with E-state index in [2.05, 4.69) is 45.1 Å². The Labute approximate surface area is 136 Å². The molecule has 1 aromatic heterocycles. The largest absolute Gasteiger partial charge is 0.480 e. The van der Waals surface area contributed by atoms with Crippen molar-refractivity contribution in [1.29, 1.82) is 0 Å². The summed E-state index contributed by atoms with van der Waals surface area (Å²) in [6.07, 6.45) is 1.74. The second kappa shape index (κ2) is 6.30. The maximum Gasteiger partial charge on any atom is 0.320 e. The third-order valence-corrected chi connectivity index (χ3v) is 5.45. The minimum absolute atomic E-state index is 0.316. The van der Waals surface area contributed by atoms with Gasteiger partial charge in [0.2, 0.25) is 0 Å². The Morgan fingerprint density at radius 1 is 1.29 bits per heavy atom. The van der Waals surface area contributed by atoms with Crippen molar-refractivity contribution in [3.63, 3.8) is 0 Å². The zero-order valence-electron chi connectivity index (χ0n) is 11.5. The smallest absolute Gasteiger partial charge is 0.320 e. The second-order valence-corrected chi connectivity index (χ2v) is 7.32. The topological polar surface area (TPSA) is 40.5 Å². The summed E-state index contributed by atoms with van der Waals surface area (Å²) in [7, 11) is 0. The molecule has 1 aliphatic rings. The molecule has 1 N–H and O–H groups in total. The Morgan fingerprint density at radius 2 is 2.05 bits per heavy atom. The maximum absolute atomic E-state index is 11.2. The molecule has 2 aromatic rings. The van der Waals surface area contributed by atoms with Crippen molar-refractivity contribution in [2.24, 2.45) is 0 Å². The summed E-state index contributed by atoms with van der Waals surface area (Å²) in [5, 5.41) is 9.23. The monoisotopic (exact) mass is 365 g/mol. The number of benzene rings is 1. The van der Waals surface area contributed by atoms with Gasteiger partial charge in [0.25, 0.3) is 0 Å². The fourth-order valence-corrected chi connectivity index (χ4v) is 4.03. The normalized spacial score (nSPS) is 19.0. The molecule has 0 unspecified atom stereocenters. The quantitative estimate of drug-likeness (QED) is 0.881. The lowest BCUT2D eigenvalue weighted by Crippen LogP contribution is -2.35. The molecular weight excluding hydrogens is 350 g/mol. The number of hydrogen-bond acceptors (Lipinski definition) is 3. The molecule has 0 spiro atoms. The highest BCUT2D eigenvalue weighted by atomic mass is 79.9. The SMILES string of the molecule is O=C(O)[C@@H]1CCCN1Cc1ccc(-c2ccc(Br)cc2)s1. The molecule has 0 bridgehead atoms. The molecule has 0 aliphatic carbocycles. The number of hydrogen-bond donors (Lipinski definition) is 1. The number of carbonyl (C=O) groups is 1. The number of aliphatic carboxylic acids is 1. The van der Waals surface area contributed by atoms with E-state index in [1.807, 2.05) is 12.1 Å². The fourth-order valence-electron chi connectivity index (χ4n) is 2.73. The van der Waals surface area contributed by atoms with E-state index >= 15 is 0 Å². The molecule has 5 heteroatoms. The third kappa shape index (κ3) is 3.36. The number of thiophene rings is 1. The molecule has 0 saturated carbocycles. The van der Waals surface area contributed by atoms with Crippen LogP contribution in [-0.4, -0.2) is 28.6 Å². The lowest BCUT2D eigenvalue weighted by atomic mass is 10.2. The summed E-state index contributed by atoms with van der Waals surface area (Å²) in [6, 6.07) is 12.2. The molecule has 0 amide bonds. The standard InChI is InChI=1S/C16H16BrNO2S/c17-12-5-3-11(4-6-12)15-8-7-13(21-15)10-18-9-1-2-14(18)16(19)20/h3-8,14H,1-2,9-10H2,(H,19,20)/t14-/m0/s1. The average molecular weight is 366 g/mol. The summed E-state index contributed by atoms with van der Waals surface area (Å²) in [4.78, 5) is 15.7. The molecular formula is C16H16BrNO2S. The van der Waals surface area contributed by atoms with Crippen LogP contribution < -0.4 is 0 Å². The molecule has 1 saturated heterocycles. The van der Waals surface area contributed by atoms with E-state index in [1.165, 1.54) is 15.3 Å². The Hall–Kier alpha value is -1.17. The van der Waals surface area contributed by atoms with Crippen LogP contribution in [0.15, 0.2) is 40.9 Å². The van der Waals surface area contributed by atoms with Gasteiger partial charge in [-0.15, -0.1) is 11.3 Å². The zero-order chi connectivity index (χ0) is 14.8. The predicted octanol–water partition coefficient (Wildman–Crippen LogP) is 4.23. The van der Waals surface area contributed by atoms with Crippen LogP contribution >= 0.6 is 27.3 Å². The van der Waals surface area contributed by atoms with Gasteiger partial charge in [0.15, 0.2) is 0 Å². The van der Waals surface area contributed by atoms with Crippen LogP contribution in [0.2, 0.25) is 0 Å². The Kier molecular flexibility index (Phi) is 4.42. The average Bonchev–Trinajstić information content (AvgIpc) is 3.09. The van der Waals surface area contributed by atoms with E-state index < -0.39 is 5.97 Å². The van der Waals surface area contributed by atoms with E-state index in [9.17, 15) is 9.90 Å². The molecule has 1 fully saturated rings. The highest BCUT2D eigenvalue weighted by Gasteiger charge is 2.30. The van der Waals surface area contributed by atoms with Gasteiger partial charge >= 0.3 is 5.97 Å². The van der Waals surface area contributed by atoms with Crippen molar-refractivity contribution in [3.8, 4) is 10.4 Å². The van der Waals surface area contributed by atoms with Crippen molar-refractivity contribution in [2.45, 2.75) is 25.4 Å². The Balaban J connectivity index is 1.73. The maximum atomic E-state index is 11.2. The van der Waals surface area contributed by atoms with E-state index in [0.717, 1.165) is 30.4 Å². The van der Waals surface area contributed by atoms with Gasteiger partial charge in [0.1, 0.15) is 6.04 Å². The fraction of sp³-hybridized carbons (Fsp3) is 0.312. The summed E-state index contributed by atoms with van der Waals surface area (Å²) in [5.74, 6) is -0.697. The van der Waals surface area contributed by atoms with Gasteiger partial charge in [-0.1, -0.05) is 28.1 Å². The van der Waals surface area contributed by atoms with Crippen molar-refractivity contribution in [3.05, 3.63) is 45.7 Å². The minimum atomic E-state index is -0.697. The van der Waals surface area contributed by atoms with Gasteiger partial charge in [0, 0.05) is 20.8 Å².